The van der Waals surface area contributed by atoms with E-state index in [-0.39, 0.29) is 11.8 Å². The zero-order valence-electron chi connectivity index (χ0n) is 18.5. The molecule has 2 atom stereocenters. The van der Waals surface area contributed by atoms with Gasteiger partial charge in [0.25, 0.3) is 0 Å². The summed E-state index contributed by atoms with van der Waals surface area (Å²) in [5.41, 5.74) is 7.29. The van der Waals surface area contributed by atoms with E-state index in [1.165, 1.54) is 50.5 Å². The summed E-state index contributed by atoms with van der Waals surface area (Å²) in [7, 11) is 0. The molecule has 2 bridgehead atoms. The molecular weight excluding hydrogens is 390 g/mol. The number of nitrogens with zero attached hydrogens (tertiary/aromatic N) is 2. The third-order valence-electron chi connectivity index (χ3n) is 7.85. The second-order valence-corrected chi connectivity index (χ2v) is 9.78. The van der Waals surface area contributed by atoms with E-state index in [1.54, 1.807) is 6.07 Å². The molecule has 1 saturated carbocycles. The molecule has 2 saturated heterocycles. The lowest BCUT2D eigenvalue weighted by Gasteiger charge is -2.40. The first-order valence-corrected chi connectivity index (χ1v) is 12.1. The van der Waals surface area contributed by atoms with Gasteiger partial charge in [0.15, 0.2) is 0 Å². The minimum atomic E-state index is -0.391. The van der Waals surface area contributed by atoms with Crippen LogP contribution in [0.2, 0.25) is 0 Å². The Hall–Kier alpha value is -1.92. The van der Waals surface area contributed by atoms with E-state index < -0.39 is 6.61 Å². The molecule has 31 heavy (non-hydrogen) atoms. The van der Waals surface area contributed by atoms with E-state index in [4.69, 9.17) is 5.73 Å². The Morgan fingerprint density at radius 1 is 1.06 bits per heavy atom. The maximum Gasteiger partial charge on any atom is 0.248 e. The lowest BCUT2D eigenvalue weighted by atomic mass is 9.84. The summed E-state index contributed by atoms with van der Waals surface area (Å²) in [6.45, 7) is 2.01. The number of aliphatic hydroxyl groups is 1. The molecule has 6 nitrogen and oxygen atoms in total. The SMILES string of the molecule is NC(=O)c1cccc(C2CC3CCC(C2)N3CCN(CC2CCCCC2)C(=O)CO)c1. The highest BCUT2D eigenvalue weighted by Gasteiger charge is 2.41. The van der Waals surface area contributed by atoms with Gasteiger partial charge in [0, 0.05) is 37.3 Å². The lowest BCUT2D eigenvalue weighted by Crippen LogP contribution is -2.48. The van der Waals surface area contributed by atoms with Gasteiger partial charge in [-0.25, -0.2) is 0 Å². The summed E-state index contributed by atoms with van der Waals surface area (Å²) in [4.78, 5) is 28.5. The van der Waals surface area contributed by atoms with Gasteiger partial charge in [0.05, 0.1) is 0 Å². The topological polar surface area (TPSA) is 86.9 Å². The van der Waals surface area contributed by atoms with E-state index in [1.807, 2.05) is 17.0 Å². The van der Waals surface area contributed by atoms with Crippen LogP contribution in [0.1, 0.15) is 79.6 Å². The minimum absolute atomic E-state index is 0.129. The average molecular weight is 428 g/mol. The number of piperidine rings is 1. The number of amides is 2. The summed E-state index contributed by atoms with van der Waals surface area (Å²) < 4.78 is 0. The zero-order valence-corrected chi connectivity index (χ0v) is 18.5. The van der Waals surface area contributed by atoms with Gasteiger partial charge in [-0.2, -0.15) is 0 Å². The molecule has 2 aliphatic heterocycles. The highest BCUT2D eigenvalue weighted by molar-refractivity contribution is 5.92. The van der Waals surface area contributed by atoms with Crippen molar-refractivity contribution in [2.24, 2.45) is 11.7 Å². The molecule has 3 fully saturated rings. The quantitative estimate of drug-likeness (QED) is 0.668. The van der Waals surface area contributed by atoms with Crippen molar-refractivity contribution in [3.63, 3.8) is 0 Å². The molecule has 4 rings (SSSR count). The third-order valence-corrected chi connectivity index (χ3v) is 7.85. The van der Waals surface area contributed by atoms with Crippen molar-refractivity contribution in [2.45, 2.75) is 75.8 Å². The van der Waals surface area contributed by atoms with E-state index >= 15 is 0 Å². The summed E-state index contributed by atoms with van der Waals surface area (Å²) in [5.74, 6) is 0.555. The van der Waals surface area contributed by atoms with Crippen LogP contribution in [0.5, 0.6) is 0 Å². The number of hydrogen-bond donors (Lipinski definition) is 2. The first kappa shape index (κ1) is 22.3. The monoisotopic (exact) mass is 427 g/mol. The summed E-state index contributed by atoms with van der Waals surface area (Å²) in [5, 5.41) is 9.47. The van der Waals surface area contributed by atoms with Crippen molar-refractivity contribution in [1.82, 2.24) is 9.80 Å². The van der Waals surface area contributed by atoms with Crippen molar-refractivity contribution in [2.75, 3.05) is 26.2 Å². The lowest BCUT2D eigenvalue weighted by molar-refractivity contribution is -0.135. The maximum atomic E-state index is 12.4. The maximum absolute atomic E-state index is 12.4. The highest BCUT2D eigenvalue weighted by Crippen LogP contribution is 2.43. The van der Waals surface area contributed by atoms with E-state index in [2.05, 4.69) is 11.0 Å². The standard InChI is InChI=1S/C25H37N3O3/c26-25(31)20-8-4-7-19(13-20)21-14-22-9-10-23(15-21)28(22)12-11-27(24(30)17-29)16-18-5-2-1-3-6-18/h4,7-8,13,18,21-23,29H,1-3,5-6,9-12,14-17H2,(H2,26,31). The van der Waals surface area contributed by atoms with Gasteiger partial charge in [-0.05, 0) is 68.1 Å². The summed E-state index contributed by atoms with van der Waals surface area (Å²) in [6, 6.07) is 8.87. The van der Waals surface area contributed by atoms with Crippen molar-refractivity contribution in [1.29, 1.82) is 0 Å². The van der Waals surface area contributed by atoms with Gasteiger partial charge in [0.1, 0.15) is 6.61 Å². The molecule has 3 N–H and O–H groups in total. The van der Waals surface area contributed by atoms with Gasteiger partial charge >= 0.3 is 0 Å². The number of rotatable bonds is 8. The number of primary amides is 1. The number of nitrogens with two attached hydrogens (primary N) is 1. The van der Waals surface area contributed by atoms with Gasteiger partial charge in [-0.3, -0.25) is 14.5 Å². The predicted molar refractivity (Wildman–Crippen MR) is 121 cm³/mol. The van der Waals surface area contributed by atoms with Crippen molar-refractivity contribution in [3.05, 3.63) is 35.4 Å². The zero-order chi connectivity index (χ0) is 21.8. The fourth-order valence-corrected chi connectivity index (χ4v) is 6.19. The molecule has 0 radical (unpaired) electrons. The molecule has 0 spiro atoms. The molecule has 3 aliphatic rings. The van der Waals surface area contributed by atoms with Gasteiger partial charge in [-0.1, -0.05) is 31.4 Å². The smallest absolute Gasteiger partial charge is 0.248 e. The summed E-state index contributed by atoms with van der Waals surface area (Å²) >= 11 is 0. The van der Waals surface area contributed by atoms with Gasteiger partial charge in [0.2, 0.25) is 11.8 Å². The molecule has 2 heterocycles. The number of carbonyl (C=O) groups is 2. The number of benzene rings is 1. The third kappa shape index (κ3) is 5.29. The first-order valence-electron chi connectivity index (χ1n) is 12.1. The second kappa shape index (κ2) is 10.1. The number of hydrogen-bond acceptors (Lipinski definition) is 4. The Balaban J connectivity index is 1.36. The molecule has 1 aromatic carbocycles. The van der Waals surface area contributed by atoms with Crippen LogP contribution >= 0.6 is 0 Å². The van der Waals surface area contributed by atoms with E-state index in [0.717, 1.165) is 25.9 Å². The fraction of sp³-hybridized carbons (Fsp3) is 0.680. The Bertz CT molecular complexity index is 763. The normalized spacial score (nSPS) is 26.7. The van der Waals surface area contributed by atoms with E-state index in [0.29, 0.717) is 36.0 Å². The van der Waals surface area contributed by atoms with Gasteiger partial charge in [-0.15, -0.1) is 0 Å². The fourth-order valence-electron chi connectivity index (χ4n) is 6.19. The van der Waals surface area contributed by atoms with Crippen LogP contribution in [0.4, 0.5) is 0 Å². The number of aliphatic hydroxyl groups excluding tert-OH is 1. The Morgan fingerprint density at radius 3 is 2.42 bits per heavy atom. The average Bonchev–Trinajstić information content (AvgIpc) is 3.03. The van der Waals surface area contributed by atoms with Crippen LogP contribution in [0, 0.1) is 5.92 Å². The molecule has 2 unspecified atom stereocenters. The van der Waals surface area contributed by atoms with Crippen LogP contribution in [-0.2, 0) is 4.79 Å². The van der Waals surface area contributed by atoms with Crippen LogP contribution in [0.15, 0.2) is 24.3 Å². The first-order chi connectivity index (χ1) is 15.0. The van der Waals surface area contributed by atoms with Crippen LogP contribution in [0.3, 0.4) is 0 Å². The molecule has 6 heteroatoms. The van der Waals surface area contributed by atoms with Crippen molar-refractivity contribution in [3.8, 4) is 0 Å². The molecule has 0 aromatic heterocycles. The Labute approximate surface area is 185 Å². The Morgan fingerprint density at radius 2 is 1.77 bits per heavy atom. The summed E-state index contributed by atoms with van der Waals surface area (Å²) in [6.07, 6.45) is 10.8. The van der Waals surface area contributed by atoms with Crippen LogP contribution < -0.4 is 5.73 Å². The van der Waals surface area contributed by atoms with Crippen LogP contribution in [0.25, 0.3) is 0 Å². The van der Waals surface area contributed by atoms with E-state index in [9.17, 15) is 14.7 Å². The van der Waals surface area contributed by atoms with Gasteiger partial charge < -0.3 is 15.7 Å². The number of carbonyl (C=O) groups excluding carboxylic acids is 2. The molecule has 2 amide bonds. The minimum Gasteiger partial charge on any atom is -0.387 e. The van der Waals surface area contributed by atoms with Crippen molar-refractivity contribution < 1.29 is 14.7 Å². The molecule has 1 aliphatic carbocycles. The number of fused-ring (bicyclic) bond motifs is 2. The molecular formula is C25H37N3O3. The van der Waals surface area contributed by atoms with Crippen molar-refractivity contribution >= 4 is 11.8 Å². The molecule has 170 valence electrons. The molecule has 1 aromatic rings. The second-order valence-electron chi connectivity index (χ2n) is 9.78. The highest BCUT2D eigenvalue weighted by atomic mass is 16.3. The largest absolute Gasteiger partial charge is 0.387 e. The predicted octanol–water partition coefficient (Wildman–Crippen LogP) is 2.90. The Kier molecular flexibility index (Phi) is 7.28. The van der Waals surface area contributed by atoms with Crippen LogP contribution in [-0.4, -0.2) is 65.0 Å².